The Balaban J connectivity index is 1.00. The van der Waals surface area contributed by atoms with Crippen molar-refractivity contribution in [3.63, 3.8) is 0 Å². The van der Waals surface area contributed by atoms with Crippen LogP contribution in [0.4, 0.5) is 0 Å². The Morgan fingerprint density at radius 2 is 0.329 bits per heavy atom. The van der Waals surface area contributed by atoms with Gasteiger partial charge in [-0.25, -0.2) is 0 Å². The lowest BCUT2D eigenvalue weighted by molar-refractivity contribution is 1.13. The second-order valence-electron chi connectivity index (χ2n) is 20.1. The Kier molecular flexibility index (Phi) is 9.30. The van der Waals surface area contributed by atoms with E-state index in [0.717, 1.165) is 56.1 Å². The molecule has 4 heterocycles. The first-order valence-electron chi connectivity index (χ1n) is 26.2. The van der Waals surface area contributed by atoms with Gasteiger partial charge in [0.25, 0.3) is 0 Å². The van der Waals surface area contributed by atoms with Gasteiger partial charge in [-0.1, -0.05) is 176 Å². The smallest absolute Gasteiger partial charge is 0.0541 e. The van der Waals surface area contributed by atoms with E-state index >= 15 is 0 Å². The second-order valence-corrected chi connectivity index (χ2v) is 20.1. The molecule has 354 valence electrons. The van der Waals surface area contributed by atoms with E-state index in [9.17, 15) is 0 Å². The van der Waals surface area contributed by atoms with Crippen molar-refractivity contribution < 1.29 is 0 Å². The number of rotatable bonds is 7. The lowest BCUT2D eigenvalue weighted by atomic mass is 9.92. The molecule has 0 spiro atoms. The molecule has 16 aromatic rings. The first-order valence-corrected chi connectivity index (χ1v) is 26.2. The van der Waals surface area contributed by atoms with Crippen LogP contribution >= 0.6 is 0 Å². The first-order chi connectivity index (χ1) is 37.7. The maximum absolute atomic E-state index is 2.46. The summed E-state index contributed by atoms with van der Waals surface area (Å²) in [6.45, 7) is 0. The van der Waals surface area contributed by atoms with Crippen LogP contribution in [0.2, 0.25) is 0 Å². The van der Waals surface area contributed by atoms with Crippen LogP contribution in [0.15, 0.2) is 279 Å². The molecular weight excluding hydrogens is 921 g/mol. The Morgan fingerprint density at radius 1 is 0.145 bits per heavy atom. The second kappa shape index (κ2) is 16.7. The van der Waals surface area contributed by atoms with Gasteiger partial charge >= 0.3 is 0 Å². The molecule has 0 saturated carbocycles. The summed E-state index contributed by atoms with van der Waals surface area (Å²) in [5.74, 6) is 0. The van der Waals surface area contributed by atoms with Gasteiger partial charge in [0, 0.05) is 65.8 Å². The number of aromatic nitrogens is 4. The largest absolute Gasteiger partial charge is 0.309 e. The van der Waals surface area contributed by atoms with Crippen molar-refractivity contribution in [3.8, 4) is 56.1 Å². The Morgan fingerprint density at radius 3 is 0.566 bits per heavy atom. The van der Waals surface area contributed by atoms with E-state index < -0.39 is 0 Å². The fraction of sp³-hybridized carbons (Fsp3) is 0. The van der Waals surface area contributed by atoms with Crippen LogP contribution in [0.25, 0.3) is 143 Å². The van der Waals surface area contributed by atoms with Crippen LogP contribution in [-0.2, 0) is 0 Å². The predicted octanol–water partition coefficient (Wildman–Crippen LogP) is 19.1. The number of hydrogen-bond donors (Lipinski definition) is 0. The topological polar surface area (TPSA) is 19.7 Å². The lowest BCUT2D eigenvalue weighted by Gasteiger charge is -2.18. The van der Waals surface area contributed by atoms with Crippen LogP contribution in [0.3, 0.4) is 0 Å². The zero-order chi connectivity index (χ0) is 49.8. The summed E-state index contributed by atoms with van der Waals surface area (Å²) in [5.41, 5.74) is 20.6. The van der Waals surface area contributed by atoms with E-state index in [1.165, 1.54) is 87.2 Å². The summed E-state index contributed by atoms with van der Waals surface area (Å²) in [7, 11) is 0. The third-order valence-electron chi connectivity index (χ3n) is 15.9. The van der Waals surface area contributed by atoms with Crippen molar-refractivity contribution >= 4 is 87.2 Å². The molecule has 0 radical (unpaired) electrons. The highest BCUT2D eigenvalue weighted by Crippen LogP contribution is 2.43. The quantitative estimate of drug-likeness (QED) is 0.152. The monoisotopic (exact) mass is 966 g/mol. The van der Waals surface area contributed by atoms with E-state index in [4.69, 9.17) is 0 Å². The third-order valence-corrected chi connectivity index (χ3v) is 15.9. The SMILES string of the molecule is c1ccc(-c2cc(-c3cc(-n4c5ccccc5c5ccccc54)cc(-n4c5ccccc5c5ccccc54)c3)cc(-c3cc(-n4c5ccccc5c5ccccc54)cc(-n4c5ccccc5c5ccccc54)c3)c2)cc1. The van der Waals surface area contributed by atoms with Gasteiger partial charge in [0.05, 0.1) is 44.1 Å². The summed E-state index contributed by atoms with van der Waals surface area (Å²) < 4.78 is 9.84. The summed E-state index contributed by atoms with van der Waals surface area (Å²) in [4.78, 5) is 0. The van der Waals surface area contributed by atoms with Crippen molar-refractivity contribution in [3.05, 3.63) is 279 Å². The highest BCUT2D eigenvalue weighted by atomic mass is 15.0. The molecule has 12 aromatic carbocycles. The van der Waals surface area contributed by atoms with Crippen molar-refractivity contribution in [1.29, 1.82) is 0 Å². The molecule has 4 nitrogen and oxygen atoms in total. The molecule has 4 heteroatoms. The fourth-order valence-corrected chi connectivity index (χ4v) is 12.6. The van der Waals surface area contributed by atoms with E-state index in [1.807, 2.05) is 0 Å². The van der Waals surface area contributed by atoms with Crippen LogP contribution in [-0.4, -0.2) is 18.3 Å². The molecule has 0 amide bonds. The van der Waals surface area contributed by atoms with Crippen LogP contribution in [0.5, 0.6) is 0 Å². The van der Waals surface area contributed by atoms with E-state index in [-0.39, 0.29) is 0 Å². The third kappa shape index (κ3) is 6.44. The number of nitrogens with zero attached hydrogens (tertiary/aromatic N) is 4. The molecule has 0 aliphatic rings. The van der Waals surface area contributed by atoms with Gasteiger partial charge in [-0.3, -0.25) is 0 Å². The zero-order valence-electron chi connectivity index (χ0n) is 41.3. The summed E-state index contributed by atoms with van der Waals surface area (Å²) in [6.07, 6.45) is 0. The minimum absolute atomic E-state index is 1.10. The summed E-state index contributed by atoms with van der Waals surface area (Å²) >= 11 is 0. The number of fused-ring (bicyclic) bond motifs is 12. The maximum Gasteiger partial charge on any atom is 0.0541 e. The van der Waals surface area contributed by atoms with Gasteiger partial charge in [-0.2, -0.15) is 0 Å². The van der Waals surface area contributed by atoms with E-state index in [2.05, 4.69) is 297 Å². The van der Waals surface area contributed by atoms with Crippen LogP contribution in [0, 0.1) is 0 Å². The van der Waals surface area contributed by atoms with Gasteiger partial charge in [-0.05, 0) is 137 Å². The molecule has 0 unspecified atom stereocenters. The molecule has 4 aromatic heterocycles. The molecule has 0 atom stereocenters. The number of hydrogen-bond acceptors (Lipinski definition) is 0. The Labute approximate surface area is 438 Å². The first kappa shape index (κ1) is 42.4. The molecule has 0 saturated heterocycles. The zero-order valence-corrected chi connectivity index (χ0v) is 41.3. The standard InChI is InChI=1S/C72H46N4/c1-2-20-47(21-3-1)48-38-49(51-41-53(73-65-30-12-4-22-57(65)58-23-5-13-31-66(58)73)45-54(42-51)74-67-32-14-6-24-59(67)60-25-7-15-33-68(60)74)40-50(39-48)52-43-55(75-69-34-16-8-26-61(69)62-27-9-17-35-70(62)75)46-56(44-52)76-71-36-18-10-28-63(71)64-29-11-19-37-72(64)76/h1-46H. The van der Waals surface area contributed by atoms with Crippen molar-refractivity contribution in [1.82, 2.24) is 18.3 Å². The fourth-order valence-electron chi connectivity index (χ4n) is 12.6. The van der Waals surface area contributed by atoms with Crippen molar-refractivity contribution in [2.75, 3.05) is 0 Å². The molecule has 16 rings (SSSR count). The Hall–Kier alpha value is -10.2. The van der Waals surface area contributed by atoms with Crippen molar-refractivity contribution in [2.45, 2.75) is 0 Å². The molecule has 0 aliphatic heterocycles. The molecule has 0 aliphatic carbocycles. The minimum Gasteiger partial charge on any atom is -0.309 e. The maximum atomic E-state index is 2.46. The van der Waals surface area contributed by atoms with Crippen LogP contribution < -0.4 is 0 Å². The molecule has 76 heavy (non-hydrogen) atoms. The van der Waals surface area contributed by atoms with Gasteiger partial charge in [0.15, 0.2) is 0 Å². The lowest BCUT2D eigenvalue weighted by Crippen LogP contribution is -2.01. The summed E-state index contributed by atoms with van der Waals surface area (Å²) in [6, 6.07) is 103. The molecular formula is C72H46N4. The van der Waals surface area contributed by atoms with Gasteiger partial charge in [0.1, 0.15) is 0 Å². The van der Waals surface area contributed by atoms with Gasteiger partial charge in [0.2, 0.25) is 0 Å². The summed E-state index contributed by atoms with van der Waals surface area (Å²) in [5, 5.41) is 9.87. The van der Waals surface area contributed by atoms with E-state index in [1.54, 1.807) is 0 Å². The average Bonchev–Trinajstić information content (AvgIpc) is 4.28. The predicted molar refractivity (Wildman–Crippen MR) is 320 cm³/mol. The molecule has 0 fully saturated rings. The van der Waals surface area contributed by atoms with Crippen LogP contribution in [0.1, 0.15) is 0 Å². The average molecular weight is 967 g/mol. The van der Waals surface area contributed by atoms with Gasteiger partial charge < -0.3 is 18.3 Å². The Bertz CT molecular complexity index is 4230. The number of para-hydroxylation sites is 8. The molecule has 0 N–H and O–H groups in total. The highest BCUT2D eigenvalue weighted by molar-refractivity contribution is 6.13. The van der Waals surface area contributed by atoms with E-state index in [0.29, 0.717) is 0 Å². The highest BCUT2D eigenvalue weighted by Gasteiger charge is 2.21. The van der Waals surface area contributed by atoms with Crippen molar-refractivity contribution in [2.24, 2.45) is 0 Å². The molecule has 0 bridgehead atoms. The normalized spacial score (nSPS) is 11.9. The number of benzene rings is 12. The minimum atomic E-state index is 1.10. The van der Waals surface area contributed by atoms with Gasteiger partial charge in [-0.15, -0.1) is 0 Å².